The van der Waals surface area contributed by atoms with Gasteiger partial charge in [-0.3, -0.25) is 9.27 Å². The smallest absolute Gasteiger partial charge is 0.357 e. The van der Waals surface area contributed by atoms with Gasteiger partial charge in [-0.05, 0) is 42.2 Å². The van der Waals surface area contributed by atoms with Crippen LogP contribution in [0.25, 0.3) is 0 Å². The second kappa shape index (κ2) is 11.3. The highest BCUT2D eigenvalue weighted by molar-refractivity contribution is 7.88. The number of esters is 1. The molecular weight excluding hydrogens is 514 g/mol. The number of hydrogen-bond acceptors (Lipinski definition) is 8. The predicted molar refractivity (Wildman–Crippen MR) is 133 cm³/mol. The van der Waals surface area contributed by atoms with Crippen LogP contribution >= 0.6 is 11.3 Å². The highest BCUT2D eigenvalue weighted by atomic mass is 32.2. The molecule has 1 unspecified atom stereocenters. The Kier molecular flexibility index (Phi) is 8.61. The lowest BCUT2D eigenvalue weighted by Crippen LogP contribution is -2.31. The molecule has 3 N–H and O–H groups in total. The van der Waals surface area contributed by atoms with Crippen molar-refractivity contribution in [2.75, 3.05) is 11.8 Å². The largest absolute Gasteiger partial charge is 0.465 e. The number of rotatable bonds is 11. The molecule has 0 aliphatic rings. The second-order valence-corrected chi connectivity index (χ2v) is 11.4. The van der Waals surface area contributed by atoms with Gasteiger partial charge in [0.05, 0.1) is 40.9 Å². The number of hydrogen-bond donors (Lipinski definition) is 3. The summed E-state index contributed by atoms with van der Waals surface area (Å²) in [6, 6.07) is 11.8. The number of sulfonamides is 1. The summed E-state index contributed by atoms with van der Waals surface area (Å²) in [6.45, 7) is 1.95. The van der Waals surface area contributed by atoms with Gasteiger partial charge in [0.15, 0.2) is 0 Å². The van der Waals surface area contributed by atoms with Gasteiger partial charge in [0.25, 0.3) is 0 Å². The third-order valence-electron chi connectivity index (χ3n) is 4.96. The molecule has 0 spiro atoms. The fourth-order valence-corrected chi connectivity index (χ4v) is 5.98. The molecule has 0 amide bonds. The number of methoxy groups -OCH3 is 1. The van der Waals surface area contributed by atoms with Crippen LogP contribution in [0.3, 0.4) is 0 Å². The zero-order valence-corrected chi connectivity index (χ0v) is 21.4. The Balaban J connectivity index is 1.86. The highest BCUT2D eigenvalue weighted by Gasteiger charge is 2.24. The van der Waals surface area contributed by atoms with E-state index < -0.39 is 38.1 Å². The number of benzene rings is 2. The Labute approximate surface area is 208 Å². The van der Waals surface area contributed by atoms with Crippen LogP contribution in [-0.4, -0.2) is 39.5 Å². The molecule has 3 aromatic rings. The van der Waals surface area contributed by atoms with E-state index in [-0.39, 0.29) is 17.7 Å². The van der Waals surface area contributed by atoms with Crippen molar-refractivity contribution in [2.24, 2.45) is 0 Å². The monoisotopic (exact) mass is 539 g/mol. The number of aryl methyl sites for hydroxylation is 1. The lowest BCUT2D eigenvalue weighted by atomic mass is 10.0. The average molecular weight is 540 g/mol. The molecule has 0 aliphatic heterocycles. The van der Waals surface area contributed by atoms with Crippen LogP contribution < -0.4 is 9.44 Å². The molecule has 1 atom stereocenters. The van der Waals surface area contributed by atoms with Crippen molar-refractivity contribution in [1.29, 1.82) is 0 Å². The van der Waals surface area contributed by atoms with Crippen molar-refractivity contribution >= 4 is 43.3 Å². The SMILES string of the molecule is CCc1nc(C(Cc2ccc(NS(=O)(=O)O)cc2)NS(=O)(=O)Cc2ccccc2C(=O)OC)cs1. The van der Waals surface area contributed by atoms with E-state index in [1.165, 1.54) is 36.6 Å². The van der Waals surface area contributed by atoms with Crippen molar-refractivity contribution in [2.45, 2.75) is 31.6 Å². The minimum absolute atomic E-state index is 0.162. The molecule has 2 aromatic carbocycles. The zero-order chi connectivity index (χ0) is 25.6. The van der Waals surface area contributed by atoms with E-state index in [9.17, 15) is 21.6 Å². The molecule has 0 saturated carbocycles. The molecule has 188 valence electrons. The number of nitrogens with one attached hydrogen (secondary N) is 2. The van der Waals surface area contributed by atoms with E-state index >= 15 is 0 Å². The molecule has 0 fully saturated rings. The lowest BCUT2D eigenvalue weighted by molar-refractivity contribution is 0.0600. The Morgan fingerprint density at radius 2 is 1.80 bits per heavy atom. The van der Waals surface area contributed by atoms with Crippen LogP contribution in [-0.2, 0) is 43.7 Å². The Bertz CT molecular complexity index is 1390. The first-order chi connectivity index (χ1) is 16.5. The van der Waals surface area contributed by atoms with E-state index in [1.807, 2.05) is 11.6 Å². The first-order valence-corrected chi connectivity index (χ1v) is 14.4. The quantitative estimate of drug-likeness (QED) is 0.248. The van der Waals surface area contributed by atoms with Gasteiger partial charge in [-0.15, -0.1) is 11.3 Å². The number of carbonyl (C=O) groups is 1. The first kappa shape index (κ1) is 26.8. The number of thiazole rings is 1. The number of nitrogens with zero attached hydrogens (tertiary/aromatic N) is 1. The summed E-state index contributed by atoms with van der Waals surface area (Å²) >= 11 is 1.42. The van der Waals surface area contributed by atoms with E-state index in [2.05, 4.69) is 9.71 Å². The van der Waals surface area contributed by atoms with Crippen LogP contribution in [0.2, 0.25) is 0 Å². The Morgan fingerprint density at radius 1 is 1.11 bits per heavy atom. The van der Waals surface area contributed by atoms with E-state index in [0.717, 1.165) is 5.01 Å². The fraction of sp³-hybridized carbons (Fsp3) is 0.273. The van der Waals surface area contributed by atoms with Crippen molar-refractivity contribution in [3.63, 3.8) is 0 Å². The van der Waals surface area contributed by atoms with Gasteiger partial charge >= 0.3 is 16.3 Å². The lowest BCUT2D eigenvalue weighted by Gasteiger charge is -2.18. The minimum Gasteiger partial charge on any atom is -0.465 e. The molecule has 10 nitrogen and oxygen atoms in total. The van der Waals surface area contributed by atoms with Crippen LogP contribution in [0.1, 0.15) is 45.2 Å². The predicted octanol–water partition coefficient (Wildman–Crippen LogP) is 3.11. The third-order valence-corrected chi connectivity index (χ3v) is 7.80. The summed E-state index contributed by atoms with van der Waals surface area (Å²) in [5.74, 6) is -1.06. The molecule has 13 heteroatoms. The maximum absolute atomic E-state index is 13.1. The van der Waals surface area contributed by atoms with Gasteiger partial charge in [0.1, 0.15) is 0 Å². The molecular formula is C22H25N3O7S3. The van der Waals surface area contributed by atoms with E-state index in [4.69, 9.17) is 9.29 Å². The summed E-state index contributed by atoms with van der Waals surface area (Å²) < 4.78 is 66.6. The van der Waals surface area contributed by atoms with E-state index in [0.29, 0.717) is 23.2 Å². The second-order valence-electron chi connectivity index (χ2n) is 7.58. The molecule has 1 aromatic heterocycles. The number of carbonyl (C=O) groups excluding carboxylic acids is 1. The van der Waals surface area contributed by atoms with Crippen molar-refractivity contribution in [3.8, 4) is 0 Å². The number of aromatic nitrogens is 1. The molecule has 3 rings (SSSR count). The summed E-state index contributed by atoms with van der Waals surface area (Å²) in [6.07, 6.45) is 0.934. The third kappa shape index (κ3) is 7.83. The number of anilines is 1. The molecule has 0 bridgehead atoms. The molecule has 35 heavy (non-hydrogen) atoms. The van der Waals surface area contributed by atoms with Crippen molar-refractivity contribution in [1.82, 2.24) is 9.71 Å². The van der Waals surface area contributed by atoms with Crippen LogP contribution in [0.5, 0.6) is 0 Å². The van der Waals surface area contributed by atoms with Crippen LogP contribution in [0, 0.1) is 0 Å². The van der Waals surface area contributed by atoms with Gasteiger partial charge in [-0.1, -0.05) is 37.3 Å². The maximum atomic E-state index is 13.1. The minimum atomic E-state index is -4.40. The number of ether oxygens (including phenoxy) is 1. The first-order valence-electron chi connectivity index (χ1n) is 10.4. The molecule has 0 saturated heterocycles. The fourth-order valence-electron chi connectivity index (χ4n) is 3.37. The maximum Gasteiger partial charge on any atom is 0.357 e. The Hall–Kier alpha value is -2.84. The van der Waals surface area contributed by atoms with E-state index in [1.54, 1.807) is 35.7 Å². The van der Waals surface area contributed by atoms with Gasteiger partial charge < -0.3 is 4.74 Å². The zero-order valence-electron chi connectivity index (χ0n) is 19.0. The molecule has 0 radical (unpaired) electrons. The van der Waals surface area contributed by atoms with Gasteiger partial charge in [-0.2, -0.15) is 8.42 Å². The summed E-state index contributed by atoms with van der Waals surface area (Å²) in [5.41, 5.74) is 1.89. The Morgan fingerprint density at radius 3 is 2.40 bits per heavy atom. The molecule has 1 heterocycles. The van der Waals surface area contributed by atoms with Crippen molar-refractivity contribution in [3.05, 3.63) is 81.3 Å². The topological polar surface area (TPSA) is 152 Å². The van der Waals surface area contributed by atoms with Gasteiger partial charge in [-0.25, -0.2) is 22.9 Å². The summed E-state index contributed by atoms with van der Waals surface area (Å²) in [7, 11) is -7.09. The van der Waals surface area contributed by atoms with Crippen LogP contribution in [0.15, 0.2) is 53.9 Å². The van der Waals surface area contributed by atoms with Crippen LogP contribution in [0.4, 0.5) is 5.69 Å². The summed E-state index contributed by atoms with van der Waals surface area (Å²) in [4.78, 5) is 16.6. The average Bonchev–Trinajstić information content (AvgIpc) is 3.28. The normalized spacial score (nSPS) is 12.8. The summed E-state index contributed by atoms with van der Waals surface area (Å²) in [5, 5.41) is 2.65. The molecule has 0 aliphatic carbocycles. The standard InChI is InChI=1S/C22H25N3O7S3/c1-3-21-23-20(13-33-21)19(12-15-8-10-17(11-9-15)24-35(29,30)31)25-34(27,28)14-16-6-4-5-7-18(16)22(26)32-2/h4-11,13,19,24-25H,3,12,14H2,1-2H3,(H,29,30,31). The highest BCUT2D eigenvalue weighted by Crippen LogP contribution is 2.24. The van der Waals surface area contributed by atoms with Gasteiger partial charge in [0.2, 0.25) is 10.0 Å². The van der Waals surface area contributed by atoms with Crippen molar-refractivity contribution < 1.29 is 30.9 Å². The van der Waals surface area contributed by atoms with Gasteiger partial charge in [0, 0.05) is 5.38 Å².